The van der Waals surface area contributed by atoms with Crippen LogP contribution < -0.4 is 9.80 Å². The van der Waals surface area contributed by atoms with Crippen molar-refractivity contribution in [3.8, 4) is 0 Å². The molecule has 0 unspecified atom stereocenters. The molecule has 1 aromatic heterocycles. The first kappa shape index (κ1) is 30.4. The topological polar surface area (TPSA) is 93.5 Å². The average Bonchev–Trinajstić information content (AvgIpc) is 3.57. The van der Waals surface area contributed by atoms with Crippen molar-refractivity contribution >= 4 is 24.0 Å². The van der Waals surface area contributed by atoms with Crippen molar-refractivity contribution in [1.29, 1.82) is 0 Å². The lowest BCUT2D eigenvalue weighted by Gasteiger charge is -2.32. The molecule has 0 fully saturated rings. The molecule has 0 bridgehead atoms. The van der Waals surface area contributed by atoms with Crippen LogP contribution in [0.25, 0.3) is 0 Å². The van der Waals surface area contributed by atoms with Gasteiger partial charge in [0.15, 0.2) is 0 Å². The lowest BCUT2D eigenvalue weighted by atomic mass is 9.95. The number of fused-ring (bicyclic) bond motifs is 2. The van der Waals surface area contributed by atoms with Crippen LogP contribution in [-0.4, -0.2) is 45.7 Å². The van der Waals surface area contributed by atoms with Crippen LogP contribution in [0.3, 0.4) is 0 Å². The van der Waals surface area contributed by atoms with E-state index in [4.69, 9.17) is 4.74 Å². The highest BCUT2D eigenvalue weighted by Crippen LogP contribution is 2.42. The molecule has 1 aliphatic carbocycles. The highest BCUT2D eigenvalue weighted by Gasteiger charge is 2.36. The maximum Gasteiger partial charge on any atom is 0.416 e. The summed E-state index contributed by atoms with van der Waals surface area (Å²) in [7, 11) is 1.59. The summed E-state index contributed by atoms with van der Waals surface area (Å²) in [6.45, 7) is 2.51. The number of hydrogen-bond donors (Lipinski definition) is 0. The first-order chi connectivity index (χ1) is 20.4. The molecule has 2 aliphatic rings. The van der Waals surface area contributed by atoms with Gasteiger partial charge < -0.3 is 14.4 Å². The summed E-state index contributed by atoms with van der Waals surface area (Å²) < 4.78 is 60.4. The zero-order chi connectivity index (χ0) is 30.9. The first-order valence-corrected chi connectivity index (χ1v) is 14.2. The molecule has 1 atom stereocenters. The van der Waals surface area contributed by atoms with E-state index in [1.165, 1.54) is 10.9 Å². The third-order valence-corrected chi connectivity index (χ3v) is 7.88. The maximum atomic E-state index is 13.7. The molecule has 13 heteroatoms. The number of tetrazole rings is 1. The number of aryl methyl sites for hydroxylation is 3. The quantitative estimate of drug-likeness (QED) is 0.234. The Bertz CT molecular complexity index is 1510. The van der Waals surface area contributed by atoms with Crippen LogP contribution in [0.2, 0.25) is 0 Å². The molecule has 0 spiro atoms. The van der Waals surface area contributed by atoms with Crippen LogP contribution in [0.5, 0.6) is 0 Å². The number of halogens is 4. The number of aromatic nitrogens is 4. The van der Waals surface area contributed by atoms with Gasteiger partial charge in [-0.25, -0.2) is 9.18 Å². The molecular formula is C30H34F4N6O3. The molecule has 0 radical (unpaired) electrons. The number of rotatable bonds is 8. The second-order valence-electron chi connectivity index (χ2n) is 11.9. The van der Waals surface area contributed by atoms with E-state index < -0.39 is 36.0 Å². The van der Waals surface area contributed by atoms with Crippen LogP contribution in [0.1, 0.15) is 72.5 Å². The molecule has 1 amide bonds. The number of anilines is 2. The van der Waals surface area contributed by atoms with Crippen molar-refractivity contribution in [1.82, 2.24) is 20.2 Å². The van der Waals surface area contributed by atoms with Gasteiger partial charge in [0.2, 0.25) is 0 Å². The van der Waals surface area contributed by atoms with Gasteiger partial charge in [-0.2, -0.15) is 18.0 Å². The van der Waals surface area contributed by atoms with Crippen molar-refractivity contribution in [3.05, 3.63) is 63.7 Å². The van der Waals surface area contributed by atoms with E-state index in [1.54, 1.807) is 30.7 Å². The molecule has 2 heterocycles. The Morgan fingerprint density at radius 1 is 1.09 bits per heavy atom. The molecule has 0 N–H and O–H groups in total. The largest absolute Gasteiger partial charge is 0.448 e. The number of alkyl halides is 4. The fourth-order valence-corrected chi connectivity index (χ4v) is 5.72. The third-order valence-electron chi connectivity index (χ3n) is 7.88. The summed E-state index contributed by atoms with van der Waals surface area (Å²) in [4.78, 5) is 29.4. The number of ether oxygens (including phenoxy) is 1. The number of carbonyl (C=O) groups is 2. The van der Waals surface area contributed by atoms with E-state index in [-0.39, 0.29) is 30.2 Å². The molecule has 3 aromatic rings. The smallest absolute Gasteiger partial charge is 0.416 e. The predicted molar refractivity (Wildman–Crippen MR) is 150 cm³/mol. The van der Waals surface area contributed by atoms with E-state index >= 15 is 0 Å². The predicted octanol–water partition coefficient (Wildman–Crippen LogP) is 5.90. The van der Waals surface area contributed by atoms with E-state index in [0.717, 1.165) is 54.4 Å². The van der Waals surface area contributed by atoms with E-state index in [1.807, 2.05) is 6.07 Å². The highest BCUT2D eigenvalue weighted by atomic mass is 19.4. The summed E-state index contributed by atoms with van der Waals surface area (Å²) in [6.07, 6.45) is -0.744. The Kier molecular flexibility index (Phi) is 8.44. The van der Waals surface area contributed by atoms with Crippen LogP contribution >= 0.6 is 0 Å². The third kappa shape index (κ3) is 6.65. The number of hydrogen-bond acceptors (Lipinski definition) is 7. The summed E-state index contributed by atoms with van der Waals surface area (Å²) in [5.41, 5.74) is 2.08. The first-order valence-electron chi connectivity index (χ1n) is 14.2. The minimum absolute atomic E-state index is 0.0538. The van der Waals surface area contributed by atoms with Gasteiger partial charge in [0.05, 0.1) is 29.8 Å². The number of aldehydes is 1. The van der Waals surface area contributed by atoms with Crippen molar-refractivity contribution in [3.63, 3.8) is 0 Å². The highest BCUT2D eigenvalue weighted by molar-refractivity contribution is 5.89. The Labute approximate surface area is 246 Å². The van der Waals surface area contributed by atoms with E-state index in [0.29, 0.717) is 25.1 Å². The van der Waals surface area contributed by atoms with Gasteiger partial charge in [0, 0.05) is 13.1 Å². The van der Waals surface area contributed by atoms with Crippen molar-refractivity contribution in [2.24, 2.45) is 12.5 Å². The van der Waals surface area contributed by atoms with Gasteiger partial charge in [0.1, 0.15) is 19.6 Å². The van der Waals surface area contributed by atoms with Gasteiger partial charge in [-0.05, 0) is 97.2 Å². The van der Waals surface area contributed by atoms with Gasteiger partial charge in [-0.3, -0.25) is 4.90 Å². The lowest BCUT2D eigenvalue weighted by molar-refractivity contribution is -0.137. The van der Waals surface area contributed by atoms with Gasteiger partial charge >= 0.3 is 12.3 Å². The molecule has 9 nitrogen and oxygen atoms in total. The van der Waals surface area contributed by atoms with Crippen LogP contribution in [-0.2, 0) is 48.8 Å². The minimum atomic E-state index is -4.65. The fraction of sp³-hybridized carbons (Fsp3) is 0.500. The number of carbonyl (C=O) groups excluding carboxylic acids is 2. The standard InChI is InChI=1S/C30H34F4N6O3/c1-29(2,17-41)18-43-28(42)39-9-5-8-25(24-13-21-6-4-7-22(21)14-26(24)39)40(27-35-37-38(3)36-27)16-20-10-19(15-31)11-23(12-20)30(32,33)34/h10-14,17,25H,4-9,15-16,18H2,1-3H3/t25-/m0/s1. The number of nitrogens with zero attached hydrogens (tertiary/aromatic N) is 6. The molecule has 43 heavy (non-hydrogen) atoms. The lowest BCUT2D eigenvalue weighted by Crippen LogP contribution is -2.35. The average molecular weight is 603 g/mol. The molecule has 0 saturated heterocycles. The molecular weight excluding hydrogens is 568 g/mol. The summed E-state index contributed by atoms with van der Waals surface area (Å²) in [5.74, 6) is 0.196. The second-order valence-corrected chi connectivity index (χ2v) is 11.9. The van der Waals surface area contributed by atoms with Crippen molar-refractivity contribution in [2.45, 2.75) is 71.4 Å². The Hall–Kier alpha value is -4.03. The van der Waals surface area contributed by atoms with Gasteiger partial charge in [-0.15, -0.1) is 5.10 Å². The molecule has 230 valence electrons. The van der Waals surface area contributed by atoms with Crippen LogP contribution in [0.15, 0.2) is 30.3 Å². The monoisotopic (exact) mass is 602 g/mol. The van der Waals surface area contributed by atoms with Crippen LogP contribution in [0.4, 0.5) is 34.0 Å². The zero-order valence-electron chi connectivity index (χ0n) is 24.3. The zero-order valence-corrected chi connectivity index (χ0v) is 24.3. The van der Waals surface area contributed by atoms with E-state index in [9.17, 15) is 27.2 Å². The fourth-order valence-electron chi connectivity index (χ4n) is 5.72. The minimum Gasteiger partial charge on any atom is -0.448 e. The molecule has 1 aliphatic heterocycles. The summed E-state index contributed by atoms with van der Waals surface area (Å²) in [6, 6.07) is 6.85. The number of benzene rings is 2. The van der Waals surface area contributed by atoms with Gasteiger partial charge in [0.25, 0.3) is 5.95 Å². The second kappa shape index (κ2) is 11.9. The summed E-state index contributed by atoms with van der Waals surface area (Å²) in [5, 5.41) is 12.5. The normalized spacial score (nSPS) is 16.8. The Morgan fingerprint density at radius 2 is 1.81 bits per heavy atom. The molecule has 5 rings (SSSR count). The summed E-state index contributed by atoms with van der Waals surface area (Å²) >= 11 is 0. The van der Waals surface area contributed by atoms with E-state index in [2.05, 4.69) is 21.5 Å². The Balaban J connectivity index is 1.58. The Morgan fingerprint density at radius 3 is 2.47 bits per heavy atom. The van der Waals surface area contributed by atoms with Crippen molar-refractivity contribution < 1.29 is 31.9 Å². The number of amides is 1. The molecule has 0 saturated carbocycles. The van der Waals surface area contributed by atoms with Crippen molar-refractivity contribution in [2.75, 3.05) is 23.0 Å². The van der Waals surface area contributed by atoms with Gasteiger partial charge in [-0.1, -0.05) is 17.2 Å². The molecule has 2 aromatic carbocycles. The SMILES string of the molecule is Cn1nnc(N(Cc2cc(CF)cc(C(F)(F)F)c2)[C@H]2CCCN(C(=O)OCC(C)(C)C=O)c3cc4c(cc32)CCC4)n1. The maximum absolute atomic E-state index is 13.7. The van der Waals surface area contributed by atoms with Crippen LogP contribution in [0, 0.1) is 5.41 Å².